The van der Waals surface area contributed by atoms with Gasteiger partial charge in [0.25, 0.3) is 0 Å². The summed E-state index contributed by atoms with van der Waals surface area (Å²) in [5.41, 5.74) is 1.91. The van der Waals surface area contributed by atoms with Crippen LogP contribution in [0, 0.1) is 11.3 Å². The number of nitrogens with zero attached hydrogens (tertiary/aromatic N) is 2. The van der Waals surface area contributed by atoms with E-state index in [1.54, 1.807) is 30.3 Å². The van der Waals surface area contributed by atoms with Crippen LogP contribution in [0.25, 0.3) is 0 Å². The maximum atomic E-state index is 9.47. The molecular weight excluding hydrogens is 248 g/mol. The number of hydrogen-bond acceptors (Lipinski definition) is 3. The summed E-state index contributed by atoms with van der Waals surface area (Å²) in [5.74, 6) is 0.180. The molecule has 0 radical (unpaired) electrons. The molecule has 0 spiro atoms. The summed E-state index contributed by atoms with van der Waals surface area (Å²) in [6.07, 6.45) is 0. The number of anilines is 2. The minimum atomic E-state index is 0.180. The molecule has 0 heterocycles. The average molecular weight is 259 g/mol. The Balaban J connectivity index is 2.50. The number of hydrogen-bond donors (Lipinski definition) is 1. The van der Waals surface area contributed by atoms with E-state index in [9.17, 15) is 5.11 Å². The molecule has 2 aromatic rings. The molecule has 0 saturated carbocycles. The first-order chi connectivity index (χ1) is 8.63. The van der Waals surface area contributed by atoms with Gasteiger partial charge in [0.05, 0.1) is 16.3 Å². The summed E-state index contributed by atoms with van der Waals surface area (Å²) in [6, 6.07) is 14.2. The smallest absolute Gasteiger partial charge is 0.117 e. The molecule has 0 aliphatic heterocycles. The molecule has 2 rings (SSSR count). The van der Waals surface area contributed by atoms with Crippen molar-refractivity contribution >= 4 is 23.0 Å². The Hall–Kier alpha value is -2.18. The van der Waals surface area contributed by atoms with Gasteiger partial charge >= 0.3 is 0 Å². The first kappa shape index (κ1) is 12.3. The van der Waals surface area contributed by atoms with Crippen molar-refractivity contribution in [1.29, 1.82) is 5.26 Å². The second-order valence-corrected chi connectivity index (χ2v) is 4.23. The van der Waals surface area contributed by atoms with Gasteiger partial charge in [-0.2, -0.15) is 5.26 Å². The van der Waals surface area contributed by atoms with Gasteiger partial charge < -0.3 is 10.0 Å². The molecule has 90 valence electrons. The number of phenolic OH excluding ortho intramolecular Hbond substituents is 1. The van der Waals surface area contributed by atoms with Crippen LogP contribution in [0.2, 0.25) is 5.02 Å². The number of rotatable bonds is 2. The Morgan fingerprint density at radius 1 is 1.22 bits per heavy atom. The lowest BCUT2D eigenvalue weighted by molar-refractivity contribution is 0.475. The second-order valence-electron chi connectivity index (χ2n) is 3.82. The van der Waals surface area contributed by atoms with Gasteiger partial charge in [-0.1, -0.05) is 23.7 Å². The van der Waals surface area contributed by atoms with Gasteiger partial charge in [-0.3, -0.25) is 0 Å². The third-order valence-electron chi connectivity index (χ3n) is 2.68. The second kappa shape index (κ2) is 4.99. The lowest BCUT2D eigenvalue weighted by Crippen LogP contribution is -2.11. The fraction of sp³-hybridized carbons (Fsp3) is 0.0714. The number of phenols is 1. The maximum Gasteiger partial charge on any atom is 0.117 e. The first-order valence-corrected chi connectivity index (χ1v) is 5.72. The highest BCUT2D eigenvalue weighted by atomic mass is 35.5. The van der Waals surface area contributed by atoms with Gasteiger partial charge in [-0.05, 0) is 24.3 Å². The van der Waals surface area contributed by atoms with E-state index in [0.29, 0.717) is 16.3 Å². The van der Waals surface area contributed by atoms with Gasteiger partial charge in [0.1, 0.15) is 11.8 Å². The van der Waals surface area contributed by atoms with Crippen molar-refractivity contribution in [2.75, 3.05) is 11.9 Å². The monoisotopic (exact) mass is 258 g/mol. The highest BCUT2D eigenvalue weighted by Crippen LogP contribution is 2.31. The lowest BCUT2D eigenvalue weighted by atomic mass is 10.1. The standard InChI is InChI=1S/C14H11ClN2O/c1-17(10-4-2-5-11(18)8-10)14-7-3-6-13(15)12(14)9-16/h2-8,18H,1H3. The fourth-order valence-corrected chi connectivity index (χ4v) is 1.96. The summed E-state index contributed by atoms with van der Waals surface area (Å²) < 4.78 is 0. The average Bonchev–Trinajstić information content (AvgIpc) is 2.37. The quantitative estimate of drug-likeness (QED) is 0.894. The molecule has 0 aromatic heterocycles. The highest BCUT2D eigenvalue weighted by Gasteiger charge is 2.12. The molecule has 4 heteroatoms. The molecule has 0 aliphatic carbocycles. The molecule has 0 amide bonds. The zero-order chi connectivity index (χ0) is 13.1. The first-order valence-electron chi connectivity index (χ1n) is 5.35. The molecule has 2 aromatic carbocycles. The topological polar surface area (TPSA) is 47.3 Å². The number of benzene rings is 2. The van der Waals surface area contributed by atoms with Gasteiger partial charge in [-0.15, -0.1) is 0 Å². The molecule has 0 atom stereocenters. The van der Waals surface area contributed by atoms with Gasteiger partial charge in [-0.25, -0.2) is 0 Å². The Kier molecular flexibility index (Phi) is 3.40. The predicted octanol–water partition coefficient (Wildman–Crippen LogP) is 3.69. The van der Waals surface area contributed by atoms with Crippen LogP contribution in [0.4, 0.5) is 11.4 Å². The third kappa shape index (κ3) is 2.24. The zero-order valence-electron chi connectivity index (χ0n) is 9.76. The third-order valence-corrected chi connectivity index (χ3v) is 3.00. The van der Waals surface area contributed by atoms with Crippen molar-refractivity contribution in [2.45, 2.75) is 0 Å². The van der Waals surface area contributed by atoms with E-state index in [1.165, 1.54) is 0 Å². The molecule has 0 fully saturated rings. The van der Waals surface area contributed by atoms with E-state index in [4.69, 9.17) is 16.9 Å². The highest BCUT2D eigenvalue weighted by molar-refractivity contribution is 6.32. The Morgan fingerprint density at radius 3 is 2.61 bits per heavy atom. The normalized spacial score (nSPS) is 9.83. The lowest BCUT2D eigenvalue weighted by Gasteiger charge is -2.21. The van der Waals surface area contributed by atoms with Crippen LogP contribution >= 0.6 is 11.6 Å². The summed E-state index contributed by atoms with van der Waals surface area (Å²) in [6.45, 7) is 0. The van der Waals surface area contributed by atoms with Crippen molar-refractivity contribution in [3.63, 3.8) is 0 Å². The van der Waals surface area contributed by atoms with E-state index < -0.39 is 0 Å². The van der Waals surface area contributed by atoms with Crippen molar-refractivity contribution < 1.29 is 5.11 Å². The molecule has 3 nitrogen and oxygen atoms in total. The van der Waals surface area contributed by atoms with Crippen molar-refractivity contribution in [3.8, 4) is 11.8 Å². The van der Waals surface area contributed by atoms with Crippen LogP contribution in [0.1, 0.15) is 5.56 Å². The largest absolute Gasteiger partial charge is 0.508 e. The summed E-state index contributed by atoms with van der Waals surface area (Å²) in [7, 11) is 1.82. The zero-order valence-corrected chi connectivity index (χ0v) is 10.5. The van der Waals surface area contributed by atoms with Crippen LogP contribution in [-0.4, -0.2) is 12.2 Å². The van der Waals surface area contributed by atoms with Gasteiger partial charge in [0.2, 0.25) is 0 Å². The summed E-state index contributed by atoms with van der Waals surface area (Å²) in [5, 5.41) is 19.0. The SMILES string of the molecule is CN(c1cccc(O)c1)c1cccc(Cl)c1C#N. The van der Waals surface area contributed by atoms with E-state index in [2.05, 4.69) is 6.07 Å². The molecule has 0 aliphatic rings. The van der Waals surface area contributed by atoms with E-state index in [0.717, 1.165) is 5.69 Å². The van der Waals surface area contributed by atoms with Crippen molar-refractivity contribution in [2.24, 2.45) is 0 Å². The van der Waals surface area contributed by atoms with Crippen LogP contribution in [-0.2, 0) is 0 Å². The van der Waals surface area contributed by atoms with Crippen LogP contribution < -0.4 is 4.90 Å². The van der Waals surface area contributed by atoms with Gasteiger partial charge in [0.15, 0.2) is 0 Å². The summed E-state index contributed by atoms with van der Waals surface area (Å²) in [4.78, 5) is 1.81. The molecule has 0 unspecified atom stereocenters. The molecular formula is C14H11ClN2O. The van der Waals surface area contributed by atoms with E-state index in [-0.39, 0.29) is 5.75 Å². The maximum absolute atomic E-state index is 9.47. The minimum Gasteiger partial charge on any atom is -0.508 e. The fourth-order valence-electron chi connectivity index (χ4n) is 1.74. The molecule has 1 N–H and O–H groups in total. The minimum absolute atomic E-state index is 0.180. The van der Waals surface area contributed by atoms with E-state index in [1.807, 2.05) is 24.1 Å². The Morgan fingerprint density at radius 2 is 1.94 bits per heavy atom. The molecule has 18 heavy (non-hydrogen) atoms. The number of halogens is 1. The van der Waals surface area contributed by atoms with Crippen molar-refractivity contribution in [1.82, 2.24) is 0 Å². The number of nitriles is 1. The van der Waals surface area contributed by atoms with Crippen LogP contribution in [0.3, 0.4) is 0 Å². The number of aromatic hydroxyl groups is 1. The van der Waals surface area contributed by atoms with Crippen LogP contribution in [0.5, 0.6) is 5.75 Å². The van der Waals surface area contributed by atoms with E-state index >= 15 is 0 Å². The molecule has 0 saturated heterocycles. The Labute approximate surface area is 110 Å². The van der Waals surface area contributed by atoms with Crippen molar-refractivity contribution in [3.05, 3.63) is 53.1 Å². The van der Waals surface area contributed by atoms with Crippen LogP contribution in [0.15, 0.2) is 42.5 Å². The summed E-state index contributed by atoms with van der Waals surface area (Å²) >= 11 is 5.99. The predicted molar refractivity (Wildman–Crippen MR) is 72.3 cm³/mol. The molecule has 0 bridgehead atoms. The van der Waals surface area contributed by atoms with Gasteiger partial charge in [0, 0.05) is 18.8 Å². The Bertz CT molecular complexity index is 619.